The van der Waals surface area contributed by atoms with Gasteiger partial charge in [0.25, 0.3) is 0 Å². The average Bonchev–Trinajstić information content (AvgIpc) is 2.61. The maximum Gasteiger partial charge on any atom is 0.333 e. The summed E-state index contributed by atoms with van der Waals surface area (Å²) < 4.78 is 14.8. The second-order valence-corrected chi connectivity index (χ2v) is 8.00. The molecule has 0 bridgehead atoms. The molecule has 0 amide bonds. The lowest BCUT2D eigenvalue weighted by Crippen LogP contribution is -2.52. The minimum absolute atomic E-state index is 0.194. The van der Waals surface area contributed by atoms with E-state index in [1.807, 2.05) is 23.1 Å². The number of nitrogens with zero attached hydrogens (tertiary/aromatic N) is 1. The maximum absolute atomic E-state index is 14.8. The third kappa shape index (κ3) is 4.05. The highest BCUT2D eigenvalue weighted by atomic mass is 19.1. The molecule has 27 heavy (non-hydrogen) atoms. The van der Waals surface area contributed by atoms with Crippen LogP contribution in [0, 0.1) is 11.7 Å². The molecular weight excluding hydrogens is 341 g/mol. The summed E-state index contributed by atoms with van der Waals surface area (Å²) in [5.41, 5.74) is 2.16. The first-order valence-corrected chi connectivity index (χ1v) is 9.34. The first-order valence-electron chi connectivity index (χ1n) is 9.34. The van der Waals surface area contributed by atoms with Gasteiger partial charge in [-0.25, -0.2) is 9.18 Å². The lowest BCUT2D eigenvalue weighted by molar-refractivity contribution is -0.132. The van der Waals surface area contributed by atoms with Crippen LogP contribution in [0.25, 0.3) is 6.08 Å². The number of anilines is 1. The first-order chi connectivity index (χ1) is 12.8. The number of para-hydroxylation sites is 1. The minimum atomic E-state index is -0.957. The van der Waals surface area contributed by atoms with Crippen molar-refractivity contribution in [2.75, 3.05) is 11.4 Å². The van der Waals surface area contributed by atoms with Gasteiger partial charge < -0.3 is 10.0 Å². The molecule has 0 saturated heterocycles. The molecule has 0 fully saturated rings. The summed E-state index contributed by atoms with van der Waals surface area (Å²) in [5, 5.41) is 9.60. The van der Waals surface area contributed by atoms with Crippen LogP contribution in [0.2, 0.25) is 0 Å². The fourth-order valence-electron chi connectivity index (χ4n) is 4.20. The zero-order chi connectivity index (χ0) is 19.6. The van der Waals surface area contributed by atoms with Crippen molar-refractivity contribution in [2.24, 2.45) is 5.92 Å². The van der Waals surface area contributed by atoms with Gasteiger partial charge in [0, 0.05) is 11.1 Å². The molecule has 3 rings (SSSR count). The SMILES string of the molecule is CC(C)C[C@](C)(Cc1ccccc1)N1CC(C(=O)O)=Cc2cccc(F)c21. The van der Waals surface area contributed by atoms with Crippen LogP contribution in [0.1, 0.15) is 38.3 Å². The highest BCUT2D eigenvalue weighted by Crippen LogP contribution is 2.40. The summed E-state index contributed by atoms with van der Waals surface area (Å²) in [6, 6.07) is 15.0. The second kappa shape index (κ2) is 7.55. The fraction of sp³-hybridized carbons (Fsp3) is 0.348. The van der Waals surface area contributed by atoms with E-state index in [0.29, 0.717) is 23.6 Å². The van der Waals surface area contributed by atoms with Crippen LogP contribution in [-0.4, -0.2) is 23.2 Å². The third-order valence-electron chi connectivity index (χ3n) is 5.15. The maximum atomic E-state index is 14.8. The topological polar surface area (TPSA) is 40.5 Å². The van der Waals surface area contributed by atoms with Gasteiger partial charge in [-0.2, -0.15) is 0 Å². The molecule has 0 unspecified atom stereocenters. The quantitative estimate of drug-likeness (QED) is 0.766. The molecule has 4 heteroatoms. The van der Waals surface area contributed by atoms with Gasteiger partial charge in [0.2, 0.25) is 0 Å². The summed E-state index contributed by atoms with van der Waals surface area (Å²) in [6.07, 6.45) is 3.13. The largest absolute Gasteiger partial charge is 0.478 e. The van der Waals surface area contributed by atoms with E-state index in [-0.39, 0.29) is 17.9 Å². The van der Waals surface area contributed by atoms with Gasteiger partial charge in [-0.1, -0.05) is 56.3 Å². The van der Waals surface area contributed by atoms with E-state index in [9.17, 15) is 14.3 Å². The number of hydrogen-bond donors (Lipinski definition) is 1. The van der Waals surface area contributed by atoms with Crippen LogP contribution in [-0.2, 0) is 11.2 Å². The highest BCUT2D eigenvalue weighted by Gasteiger charge is 2.38. The summed E-state index contributed by atoms with van der Waals surface area (Å²) >= 11 is 0. The van der Waals surface area contributed by atoms with Crippen LogP contribution in [0.4, 0.5) is 10.1 Å². The Balaban J connectivity index is 2.11. The Morgan fingerprint density at radius 3 is 2.52 bits per heavy atom. The van der Waals surface area contributed by atoms with E-state index in [2.05, 4.69) is 32.9 Å². The molecule has 1 N–H and O–H groups in total. The highest BCUT2D eigenvalue weighted by molar-refractivity contribution is 5.96. The van der Waals surface area contributed by atoms with Crippen molar-refractivity contribution in [2.45, 2.75) is 39.2 Å². The molecule has 0 aliphatic carbocycles. The van der Waals surface area contributed by atoms with Crippen molar-refractivity contribution < 1.29 is 14.3 Å². The van der Waals surface area contributed by atoms with Crippen molar-refractivity contribution in [3.63, 3.8) is 0 Å². The van der Waals surface area contributed by atoms with Crippen molar-refractivity contribution in [3.05, 3.63) is 71.0 Å². The van der Waals surface area contributed by atoms with E-state index in [1.165, 1.54) is 6.07 Å². The van der Waals surface area contributed by atoms with Gasteiger partial charge in [0.15, 0.2) is 0 Å². The fourth-order valence-corrected chi connectivity index (χ4v) is 4.20. The summed E-state index contributed by atoms with van der Waals surface area (Å²) in [7, 11) is 0. The van der Waals surface area contributed by atoms with E-state index >= 15 is 0 Å². The van der Waals surface area contributed by atoms with Gasteiger partial charge >= 0.3 is 5.97 Å². The van der Waals surface area contributed by atoms with Crippen LogP contribution in [0.5, 0.6) is 0 Å². The number of fused-ring (bicyclic) bond motifs is 1. The van der Waals surface area contributed by atoms with Crippen molar-refractivity contribution >= 4 is 17.7 Å². The Morgan fingerprint density at radius 1 is 1.19 bits per heavy atom. The van der Waals surface area contributed by atoms with Gasteiger partial charge in [0.1, 0.15) is 5.82 Å². The third-order valence-corrected chi connectivity index (χ3v) is 5.15. The standard InChI is InChI=1S/C23H26FNO2/c1-16(2)13-23(3,14-17-8-5-4-6-9-17)25-15-19(22(26)27)12-18-10-7-11-20(24)21(18)25/h4-12,16H,13-15H2,1-3H3,(H,26,27)/t23-/m1/s1. The predicted octanol–water partition coefficient (Wildman–Crippen LogP) is 5.16. The molecule has 0 aromatic heterocycles. The predicted molar refractivity (Wildman–Crippen MR) is 107 cm³/mol. The number of carbonyl (C=O) groups is 1. The minimum Gasteiger partial charge on any atom is -0.478 e. The van der Waals surface area contributed by atoms with Crippen LogP contribution in [0.15, 0.2) is 54.1 Å². The van der Waals surface area contributed by atoms with Crippen molar-refractivity contribution in [1.29, 1.82) is 0 Å². The summed E-state index contributed by atoms with van der Waals surface area (Å²) in [5.74, 6) is -0.883. The molecule has 0 spiro atoms. The molecule has 0 saturated carbocycles. The molecule has 2 aromatic rings. The number of hydrogen-bond acceptors (Lipinski definition) is 2. The molecule has 3 nitrogen and oxygen atoms in total. The smallest absolute Gasteiger partial charge is 0.333 e. The molecule has 0 radical (unpaired) electrons. The molecule has 1 heterocycles. The van der Waals surface area contributed by atoms with E-state index in [1.54, 1.807) is 18.2 Å². The molecular formula is C23H26FNO2. The Hall–Kier alpha value is -2.62. The van der Waals surface area contributed by atoms with E-state index in [4.69, 9.17) is 0 Å². The molecule has 142 valence electrons. The Bertz CT molecular complexity index is 860. The number of benzene rings is 2. The van der Waals surface area contributed by atoms with E-state index in [0.717, 1.165) is 12.0 Å². The van der Waals surface area contributed by atoms with Crippen LogP contribution in [0.3, 0.4) is 0 Å². The molecule has 1 atom stereocenters. The van der Waals surface area contributed by atoms with Gasteiger partial charge in [-0.05, 0) is 43.4 Å². The van der Waals surface area contributed by atoms with Crippen LogP contribution < -0.4 is 4.90 Å². The van der Waals surface area contributed by atoms with Crippen molar-refractivity contribution in [3.8, 4) is 0 Å². The van der Waals surface area contributed by atoms with Crippen LogP contribution >= 0.6 is 0 Å². The number of carboxylic acids is 1. The number of halogens is 1. The lowest BCUT2D eigenvalue weighted by atomic mass is 9.81. The van der Waals surface area contributed by atoms with Gasteiger partial charge in [-0.15, -0.1) is 0 Å². The zero-order valence-corrected chi connectivity index (χ0v) is 16.1. The van der Waals surface area contributed by atoms with Gasteiger partial charge in [-0.3, -0.25) is 0 Å². The Labute approximate surface area is 160 Å². The normalized spacial score (nSPS) is 15.9. The molecule has 1 aliphatic heterocycles. The Morgan fingerprint density at radius 2 is 1.89 bits per heavy atom. The lowest BCUT2D eigenvalue weighted by Gasteiger charge is -2.46. The molecule has 1 aliphatic rings. The van der Waals surface area contributed by atoms with Crippen molar-refractivity contribution in [1.82, 2.24) is 0 Å². The number of rotatable bonds is 6. The number of carboxylic acid groups (broad SMARTS) is 1. The number of aliphatic carboxylic acids is 1. The summed E-state index contributed by atoms with van der Waals surface area (Å²) in [4.78, 5) is 13.7. The second-order valence-electron chi connectivity index (χ2n) is 8.00. The monoisotopic (exact) mass is 367 g/mol. The zero-order valence-electron chi connectivity index (χ0n) is 16.1. The first kappa shape index (κ1) is 19.2. The average molecular weight is 367 g/mol. The molecule has 2 aromatic carbocycles. The van der Waals surface area contributed by atoms with E-state index < -0.39 is 11.5 Å². The Kier molecular flexibility index (Phi) is 5.36. The van der Waals surface area contributed by atoms with Gasteiger partial charge in [0.05, 0.1) is 17.8 Å². The summed E-state index contributed by atoms with van der Waals surface area (Å²) in [6.45, 7) is 6.59.